The van der Waals surface area contributed by atoms with Crippen LogP contribution in [0.5, 0.6) is 0 Å². The summed E-state index contributed by atoms with van der Waals surface area (Å²) in [5, 5.41) is 14.6. The van der Waals surface area contributed by atoms with E-state index in [4.69, 9.17) is 4.52 Å². The molecule has 0 atom stereocenters. The molecule has 2 aromatic heterocycles. The van der Waals surface area contributed by atoms with Crippen molar-refractivity contribution in [2.24, 2.45) is 0 Å². The second-order valence-corrected chi connectivity index (χ2v) is 8.45. The van der Waals surface area contributed by atoms with E-state index >= 15 is 0 Å². The lowest BCUT2D eigenvalue weighted by atomic mass is 10.1. The van der Waals surface area contributed by atoms with Crippen LogP contribution in [-0.4, -0.2) is 21.3 Å². The summed E-state index contributed by atoms with van der Waals surface area (Å²) in [7, 11) is 0. The number of carbonyl (C=O) groups excluding carboxylic acids is 1. The molecule has 0 aliphatic rings. The van der Waals surface area contributed by atoms with Crippen LogP contribution in [0.4, 0.5) is 18.3 Å². The van der Waals surface area contributed by atoms with E-state index < -0.39 is 17.6 Å². The molecule has 0 spiro atoms. The Bertz CT molecular complexity index is 1180. The Hall–Kier alpha value is -3.18. The molecule has 0 aliphatic carbocycles. The van der Waals surface area contributed by atoms with Gasteiger partial charge in [0.15, 0.2) is 15.8 Å². The van der Waals surface area contributed by atoms with Crippen LogP contribution in [0.2, 0.25) is 0 Å². The maximum Gasteiger partial charge on any atom is 0.416 e. The van der Waals surface area contributed by atoms with Crippen molar-refractivity contribution in [1.29, 1.82) is 0 Å². The van der Waals surface area contributed by atoms with Gasteiger partial charge in [-0.15, -0.1) is 10.2 Å². The van der Waals surface area contributed by atoms with Crippen LogP contribution in [-0.2, 0) is 11.9 Å². The van der Waals surface area contributed by atoms with Gasteiger partial charge < -0.3 is 4.52 Å². The molecule has 2 aromatic carbocycles. The molecule has 0 unspecified atom stereocenters. The van der Waals surface area contributed by atoms with Gasteiger partial charge in [-0.25, -0.2) is 0 Å². The summed E-state index contributed by atoms with van der Waals surface area (Å²) in [5.74, 6) is 0.405. The zero-order valence-electron chi connectivity index (χ0n) is 15.6. The van der Waals surface area contributed by atoms with Crippen LogP contribution in [0, 0.1) is 0 Å². The Balaban J connectivity index is 1.34. The molecule has 0 radical (unpaired) electrons. The van der Waals surface area contributed by atoms with Crippen LogP contribution in [0.25, 0.3) is 11.3 Å². The standard InChI is InChI=1S/C20H13F3N4O2S2/c21-20(22,23)14-8-6-12(7-9-14)11-30-19-26-25-18(31-19)24-17(28)15-10-16(29-27-15)13-4-2-1-3-5-13/h1-10H,11H2,(H,24,25,28). The van der Waals surface area contributed by atoms with Crippen molar-refractivity contribution in [2.45, 2.75) is 16.3 Å². The number of anilines is 1. The number of thioether (sulfide) groups is 1. The number of rotatable bonds is 6. The van der Waals surface area contributed by atoms with Gasteiger partial charge >= 0.3 is 6.18 Å². The molecule has 31 heavy (non-hydrogen) atoms. The maximum absolute atomic E-state index is 12.6. The van der Waals surface area contributed by atoms with Gasteiger partial charge in [0.1, 0.15) is 0 Å². The number of nitrogens with one attached hydrogen (secondary N) is 1. The van der Waals surface area contributed by atoms with E-state index in [-0.39, 0.29) is 10.8 Å². The van der Waals surface area contributed by atoms with E-state index in [0.29, 0.717) is 15.9 Å². The minimum absolute atomic E-state index is 0.105. The summed E-state index contributed by atoms with van der Waals surface area (Å²) in [4.78, 5) is 12.4. The second kappa shape index (κ2) is 8.90. The summed E-state index contributed by atoms with van der Waals surface area (Å²) in [6.07, 6.45) is -4.36. The van der Waals surface area contributed by atoms with Crippen molar-refractivity contribution >= 4 is 34.1 Å². The summed E-state index contributed by atoms with van der Waals surface area (Å²) in [6.45, 7) is 0. The quantitative estimate of drug-likeness (QED) is 0.290. The monoisotopic (exact) mass is 462 g/mol. The highest BCUT2D eigenvalue weighted by Crippen LogP contribution is 2.32. The number of aromatic nitrogens is 3. The highest BCUT2D eigenvalue weighted by atomic mass is 32.2. The number of alkyl halides is 3. The van der Waals surface area contributed by atoms with Crippen molar-refractivity contribution in [2.75, 3.05) is 5.32 Å². The maximum atomic E-state index is 12.6. The molecule has 1 amide bonds. The van der Waals surface area contributed by atoms with Gasteiger partial charge in [-0.1, -0.05) is 70.7 Å². The number of hydrogen-bond donors (Lipinski definition) is 1. The molecule has 0 bridgehead atoms. The minimum atomic E-state index is -4.36. The Morgan fingerprint density at radius 3 is 2.52 bits per heavy atom. The lowest BCUT2D eigenvalue weighted by Crippen LogP contribution is -2.11. The summed E-state index contributed by atoms with van der Waals surface area (Å²) >= 11 is 2.47. The molecule has 0 saturated carbocycles. The molecule has 4 rings (SSSR count). The molecule has 2 heterocycles. The van der Waals surface area contributed by atoms with Crippen LogP contribution < -0.4 is 5.32 Å². The molecule has 4 aromatic rings. The van der Waals surface area contributed by atoms with Crippen molar-refractivity contribution < 1.29 is 22.5 Å². The third kappa shape index (κ3) is 5.30. The molecule has 6 nitrogen and oxygen atoms in total. The molecule has 158 valence electrons. The van der Waals surface area contributed by atoms with Gasteiger partial charge in [-0.05, 0) is 17.7 Å². The molecule has 11 heteroatoms. The number of nitrogens with zero attached hydrogens (tertiary/aromatic N) is 3. The Labute approximate surface area is 182 Å². The third-order valence-corrected chi connectivity index (χ3v) is 6.11. The van der Waals surface area contributed by atoms with Gasteiger partial charge in [-0.3, -0.25) is 10.1 Å². The Morgan fingerprint density at radius 1 is 1.06 bits per heavy atom. The number of amides is 1. The van der Waals surface area contributed by atoms with E-state index in [1.807, 2.05) is 30.3 Å². The van der Waals surface area contributed by atoms with E-state index in [2.05, 4.69) is 20.7 Å². The van der Waals surface area contributed by atoms with Gasteiger partial charge in [0.25, 0.3) is 5.91 Å². The first-order valence-electron chi connectivity index (χ1n) is 8.84. The predicted molar refractivity (Wildman–Crippen MR) is 111 cm³/mol. The molecule has 0 saturated heterocycles. The van der Waals surface area contributed by atoms with Crippen LogP contribution in [0.15, 0.2) is 69.5 Å². The highest BCUT2D eigenvalue weighted by molar-refractivity contribution is 8.00. The molecular weight excluding hydrogens is 449 g/mol. The fourth-order valence-electron chi connectivity index (χ4n) is 2.54. The average molecular weight is 462 g/mol. The zero-order chi connectivity index (χ0) is 21.8. The predicted octanol–water partition coefficient (Wildman–Crippen LogP) is 5.76. The number of hydrogen-bond acceptors (Lipinski definition) is 7. The average Bonchev–Trinajstić information content (AvgIpc) is 3.42. The number of carbonyl (C=O) groups is 1. The molecule has 0 aliphatic heterocycles. The first-order chi connectivity index (χ1) is 14.9. The number of benzene rings is 2. The van der Waals surface area contributed by atoms with Crippen LogP contribution >= 0.6 is 23.1 Å². The molecular formula is C20H13F3N4O2S2. The lowest BCUT2D eigenvalue weighted by Gasteiger charge is -2.06. The zero-order valence-corrected chi connectivity index (χ0v) is 17.2. The Kier molecular flexibility index (Phi) is 6.05. The van der Waals surface area contributed by atoms with Gasteiger partial charge in [-0.2, -0.15) is 13.2 Å². The van der Waals surface area contributed by atoms with Crippen molar-refractivity contribution in [3.8, 4) is 11.3 Å². The van der Waals surface area contributed by atoms with Crippen molar-refractivity contribution in [3.05, 3.63) is 77.5 Å². The topological polar surface area (TPSA) is 80.9 Å². The van der Waals surface area contributed by atoms with E-state index in [1.54, 1.807) is 0 Å². The summed E-state index contributed by atoms with van der Waals surface area (Å²) < 4.78 is 43.6. The van der Waals surface area contributed by atoms with Gasteiger partial charge in [0.05, 0.1) is 5.56 Å². The minimum Gasteiger partial charge on any atom is -0.355 e. The highest BCUT2D eigenvalue weighted by Gasteiger charge is 2.29. The van der Waals surface area contributed by atoms with E-state index in [1.165, 1.54) is 30.0 Å². The first kappa shape index (κ1) is 21.1. The first-order valence-corrected chi connectivity index (χ1v) is 10.6. The SMILES string of the molecule is O=C(Nc1nnc(SCc2ccc(C(F)(F)F)cc2)s1)c1cc(-c2ccccc2)on1. The third-order valence-electron chi connectivity index (χ3n) is 4.07. The van der Waals surface area contributed by atoms with Crippen molar-refractivity contribution in [3.63, 3.8) is 0 Å². The lowest BCUT2D eigenvalue weighted by molar-refractivity contribution is -0.137. The van der Waals surface area contributed by atoms with Crippen LogP contribution in [0.3, 0.4) is 0 Å². The van der Waals surface area contributed by atoms with E-state index in [9.17, 15) is 18.0 Å². The normalized spacial score (nSPS) is 11.5. The van der Waals surface area contributed by atoms with Crippen molar-refractivity contribution in [1.82, 2.24) is 15.4 Å². The molecule has 1 N–H and O–H groups in total. The van der Waals surface area contributed by atoms with Gasteiger partial charge in [0.2, 0.25) is 5.13 Å². The summed E-state index contributed by atoms with van der Waals surface area (Å²) in [6, 6.07) is 15.7. The fourth-order valence-corrected chi connectivity index (χ4v) is 4.24. The fraction of sp³-hybridized carbons (Fsp3) is 0.100. The Morgan fingerprint density at radius 2 is 1.81 bits per heavy atom. The van der Waals surface area contributed by atoms with E-state index in [0.717, 1.165) is 34.6 Å². The number of halogens is 3. The van der Waals surface area contributed by atoms with Crippen LogP contribution in [0.1, 0.15) is 21.6 Å². The van der Waals surface area contributed by atoms with Gasteiger partial charge in [0, 0.05) is 17.4 Å². The summed E-state index contributed by atoms with van der Waals surface area (Å²) in [5.41, 5.74) is 0.931. The second-order valence-electron chi connectivity index (χ2n) is 6.25. The smallest absolute Gasteiger partial charge is 0.355 e. The molecule has 0 fully saturated rings. The largest absolute Gasteiger partial charge is 0.416 e.